The molecule has 0 aliphatic rings. The van der Waals surface area contributed by atoms with Crippen LogP contribution in [0.15, 0.2) is 33.7 Å². The fourth-order valence-electron chi connectivity index (χ4n) is 1.51. The molecule has 2 aromatic rings. The number of carboxylic acids is 1. The average Bonchev–Trinajstić information content (AvgIpc) is 2.29. The topological polar surface area (TPSA) is 72.2 Å². The Morgan fingerprint density at radius 2 is 2.24 bits per heavy atom. The molecule has 0 saturated carbocycles. The molecule has 0 saturated heterocycles. The molecule has 0 radical (unpaired) electrons. The van der Waals surface area contributed by atoms with Crippen LogP contribution in [0.5, 0.6) is 0 Å². The zero-order valence-corrected chi connectivity index (χ0v) is 10.3. The number of rotatable bonds is 3. The van der Waals surface area contributed by atoms with Gasteiger partial charge in [0.1, 0.15) is 0 Å². The lowest BCUT2D eigenvalue weighted by molar-refractivity contribution is -0.137. The summed E-state index contributed by atoms with van der Waals surface area (Å²) in [6.45, 7) is 0.0800. The van der Waals surface area contributed by atoms with E-state index in [0.29, 0.717) is 5.39 Å². The fraction of sp³-hybridized carbons (Fsp3) is 0.182. The van der Waals surface area contributed by atoms with Crippen LogP contribution >= 0.6 is 15.9 Å². The second-order valence-corrected chi connectivity index (χ2v) is 4.46. The number of aryl methyl sites for hydroxylation is 1. The van der Waals surface area contributed by atoms with Crippen LogP contribution < -0.4 is 5.56 Å². The molecule has 2 rings (SSSR count). The lowest BCUT2D eigenvalue weighted by Crippen LogP contribution is -2.23. The van der Waals surface area contributed by atoms with E-state index in [-0.39, 0.29) is 18.5 Å². The maximum absolute atomic E-state index is 12.0. The summed E-state index contributed by atoms with van der Waals surface area (Å²) in [6.07, 6.45) is 1.44. The van der Waals surface area contributed by atoms with Gasteiger partial charge >= 0.3 is 5.97 Å². The molecule has 1 aromatic heterocycles. The first kappa shape index (κ1) is 11.8. The number of aromatic nitrogens is 2. The molecule has 0 unspecified atom stereocenters. The Hall–Kier alpha value is -1.69. The lowest BCUT2D eigenvalue weighted by Gasteiger charge is -2.04. The number of carbonyl (C=O) groups is 1. The van der Waals surface area contributed by atoms with E-state index in [1.807, 2.05) is 6.07 Å². The van der Waals surface area contributed by atoms with E-state index in [9.17, 15) is 9.59 Å². The molecule has 1 heterocycles. The van der Waals surface area contributed by atoms with Crippen LogP contribution in [0.4, 0.5) is 0 Å². The predicted molar refractivity (Wildman–Crippen MR) is 66.0 cm³/mol. The van der Waals surface area contributed by atoms with Crippen LogP contribution in [0.1, 0.15) is 6.42 Å². The molecule has 5 nitrogen and oxygen atoms in total. The van der Waals surface area contributed by atoms with E-state index in [0.717, 1.165) is 9.86 Å². The van der Waals surface area contributed by atoms with Gasteiger partial charge in [0.2, 0.25) is 0 Å². The van der Waals surface area contributed by atoms with E-state index in [2.05, 4.69) is 21.0 Å². The highest BCUT2D eigenvalue weighted by Gasteiger charge is 2.06. The third-order valence-electron chi connectivity index (χ3n) is 2.35. The van der Waals surface area contributed by atoms with Gasteiger partial charge in [0.05, 0.1) is 24.5 Å². The zero-order valence-electron chi connectivity index (χ0n) is 8.76. The first-order valence-corrected chi connectivity index (χ1v) is 5.74. The van der Waals surface area contributed by atoms with Gasteiger partial charge in [0, 0.05) is 9.86 Å². The van der Waals surface area contributed by atoms with Gasteiger partial charge in [-0.2, -0.15) is 5.10 Å². The van der Waals surface area contributed by atoms with E-state index in [1.54, 1.807) is 18.3 Å². The van der Waals surface area contributed by atoms with Crippen molar-refractivity contribution in [1.82, 2.24) is 9.78 Å². The summed E-state index contributed by atoms with van der Waals surface area (Å²) in [5, 5.41) is 13.8. The molecular weight excluding hydrogens is 288 g/mol. The Labute approximate surface area is 105 Å². The number of halogens is 1. The van der Waals surface area contributed by atoms with E-state index >= 15 is 0 Å². The van der Waals surface area contributed by atoms with Crippen LogP contribution in [0.2, 0.25) is 0 Å². The van der Waals surface area contributed by atoms with E-state index in [4.69, 9.17) is 5.11 Å². The maximum atomic E-state index is 12.0. The standard InChI is InChI=1S/C11H9BrN2O3/c12-8-2-1-7-6-13-14(4-3-10(15)16)11(17)9(7)5-8/h1-2,5-6H,3-4H2,(H,15,16). The molecule has 0 atom stereocenters. The van der Waals surface area contributed by atoms with Gasteiger partial charge in [-0.1, -0.05) is 22.0 Å². The highest BCUT2D eigenvalue weighted by atomic mass is 79.9. The molecule has 1 N–H and O–H groups in total. The lowest BCUT2D eigenvalue weighted by atomic mass is 10.2. The van der Waals surface area contributed by atoms with Gasteiger partial charge in [0.15, 0.2) is 0 Å². The zero-order chi connectivity index (χ0) is 12.4. The number of aliphatic carboxylic acids is 1. The Kier molecular flexibility index (Phi) is 3.23. The van der Waals surface area contributed by atoms with Crippen molar-refractivity contribution in [2.45, 2.75) is 13.0 Å². The van der Waals surface area contributed by atoms with Crippen molar-refractivity contribution in [3.63, 3.8) is 0 Å². The van der Waals surface area contributed by atoms with Crippen LogP contribution in [-0.2, 0) is 11.3 Å². The van der Waals surface area contributed by atoms with Crippen molar-refractivity contribution in [2.24, 2.45) is 0 Å². The summed E-state index contributed by atoms with van der Waals surface area (Å²) in [6, 6.07) is 5.32. The molecule has 88 valence electrons. The Morgan fingerprint density at radius 3 is 2.94 bits per heavy atom. The van der Waals surface area contributed by atoms with Crippen molar-refractivity contribution in [3.8, 4) is 0 Å². The molecular formula is C11H9BrN2O3. The highest BCUT2D eigenvalue weighted by molar-refractivity contribution is 9.10. The van der Waals surface area contributed by atoms with Gasteiger partial charge in [-0.3, -0.25) is 9.59 Å². The van der Waals surface area contributed by atoms with Gasteiger partial charge in [-0.05, 0) is 12.1 Å². The number of hydrogen-bond donors (Lipinski definition) is 1. The number of benzene rings is 1. The smallest absolute Gasteiger partial charge is 0.305 e. The third-order valence-corrected chi connectivity index (χ3v) is 2.85. The minimum absolute atomic E-state index is 0.0800. The van der Waals surface area contributed by atoms with Crippen molar-refractivity contribution < 1.29 is 9.90 Å². The second-order valence-electron chi connectivity index (χ2n) is 3.55. The Balaban J connectivity index is 2.49. The van der Waals surface area contributed by atoms with Crippen molar-refractivity contribution >= 4 is 32.7 Å². The summed E-state index contributed by atoms with van der Waals surface area (Å²) in [4.78, 5) is 22.4. The van der Waals surface area contributed by atoms with Crippen molar-refractivity contribution in [1.29, 1.82) is 0 Å². The fourth-order valence-corrected chi connectivity index (χ4v) is 1.87. The first-order chi connectivity index (χ1) is 8.08. The molecule has 1 aromatic carbocycles. The van der Waals surface area contributed by atoms with E-state index in [1.165, 1.54) is 4.68 Å². The van der Waals surface area contributed by atoms with Gasteiger partial charge in [-0.15, -0.1) is 0 Å². The van der Waals surface area contributed by atoms with Crippen LogP contribution in [0.3, 0.4) is 0 Å². The number of carboxylic acid groups (broad SMARTS) is 1. The van der Waals surface area contributed by atoms with Crippen molar-refractivity contribution in [2.75, 3.05) is 0 Å². The largest absolute Gasteiger partial charge is 0.481 e. The Morgan fingerprint density at radius 1 is 1.47 bits per heavy atom. The Bertz CT molecular complexity index is 636. The summed E-state index contributed by atoms with van der Waals surface area (Å²) in [7, 11) is 0. The number of nitrogens with zero attached hydrogens (tertiary/aromatic N) is 2. The first-order valence-electron chi connectivity index (χ1n) is 4.95. The summed E-state index contributed by atoms with van der Waals surface area (Å²) in [5.74, 6) is -0.951. The molecule has 0 aliphatic heterocycles. The van der Waals surface area contributed by atoms with Gasteiger partial charge in [0.25, 0.3) is 5.56 Å². The van der Waals surface area contributed by atoms with E-state index < -0.39 is 5.97 Å². The highest BCUT2D eigenvalue weighted by Crippen LogP contribution is 2.15. The van der Waals surface area contributed by atoms with Gasteiger partial charge in [-0.25, -0.2) is 4.68 Å². The van der Waals surface area contributed by atoms with Crippen LogP contribution in [0, 0.1) is 0 Å². The second kappa shape index (κ2) is 4.67. The van der Waals surface area contributed by atoms with Crippen molar-refractivity contribution in [3.05, 3.63) is 39.2 Å². The number of fused-ring (bicyclic) bond motifs is 1. The molecule has 17 heavy (non-hydrogen) atoms. The quantitative estimate of drug-likeness (QED) is 0.934. The molecule has 0 spiro atoms. The van der Waals surface area contributed by atoms with Crippen LogP contribution in [-0.4, -0.2) is 20.9 Å². The summed E-state index contributed by atoms with van der Waals surface area (Å²) < 4.78 is 1.97. The SMILES string of the molecule is O=C(O)CCn1ncc2ccc(Br)cc2c1=O. The maximum Gasteiger partial charge on any atom is 0.305 e. The molecule has 6 heteroatoms. The molecule has 0 aliphatic carbocycles. The minimum atomic E-state index is -0.951. The molecule has 0 amide bonds. The predicted octanol–water partition coefficient (Wildman–Crippen LogP) is 1.63. The van der Waals surface area contributed by atoms with Crippen LogP contribution in [0.25, 0.3) is 10.8 Å². The molecule has 0 fully saturated rings. The monoisotopic (exact) mass is 296 g/mol. The summed E-state index contributed by atoms with van der Waals surface area (Å²) in [5.41, 5.74) is -0.273. The normalized spacial score (nSPS) is 10.6. The van der Waals surface area contributed by atoms with Gasteiger partial charge < -0.3 is 5.11 Å². The third kappa shape index (κ3) is 2.52. The average molecular weight is 297 g/mol. The molecule has 0 bridgehead atoms. The number of hydrogen-bond acceptors (Lipinski definition) is 3. The summed E-state index contributed by atoms with van der Waals surface area (Å²) >= 11 is 3.29. The minimum Gasteiger partial charge on any atom is -0.481 e.